The quantitative estimate of drug-likeness (QED) is 0.906. The molecule has 0 aliphatic carbocycles. The van der Waals surface area contributed by atoms with Crippen molar-refractivity contribution in [3.8, 4) is 11.6 Å². The Morgan fingerprint density at radius 2 is 2.16 bits per heavy atom. The predicted octanol–water partition coefficient (Wildman–Crippen LogP) is 3.89. The third-order valence-corrected chi connectivity index (χ3v) is 2.89. The van der Waals surface area contributed by atoms with Gasteiger partial charge in [-0.15, -0.1) is 0 Å². The molecule has 1 aromatic carbocycles. The second-order valence-corrected chi connectivity index (χ2v) is 4.91. The molecule has 0 saturated carbocycles. The zero-order valence-corrected chi connectivity index (χ0v) is 12.1. The molecule has 0 spiro atoms. The molecule has 5 heteroatoms. The van der Waals surface area contributed by atoms with Gasteiger partial charge in [0.2, 0.25) is 5.88 Å². The first kappa shape index (κ1) is 14.0. The average Bonchev–Trinajstić information content (AvgIpc) is 2.37. The van der Waals surface area contributed by atoms with Crippen LogP contribution in [-0.4, -0.2) is 11.5 Å². The molecule has 0 atom stereocenters. The second-order valence-electron chi connectivity index (χ2n) is 3.99. The van der Waals surface area contributed by atoms with Gasteiger partial charge < -0.3 is 10.1 Å². The molecule has 1 N–H and O–H groups in total. The van der Waals surface area contributed by atoms with Gasteiger partial charge in [-0.2, -0.15) is 0 Å². The Labute approximate surface area is 119 Å². The monoisotopic (exact) mass is 324 g/mol. The summed E-state index contributed by atoms with van der Waals surface area (Å²) in [7, 11) is 0. The maximum atomic E-state index is 13.2. The highest BCUT2D eigenvalue weighted by Crippen LogP contribution is 2.24. The van der Waals surface area contributed by atoms with Gasteiger partial charge in [-0.05, 0) is 24.2 Å². The van der Waals surface area contributed by atoms with E-state index in [-0.39, 0.29) is 5.82 Å². The van der Waals surface area contributed by atoms with Crippen LogP contribution in [0.25, 0.3) is 0 Å². The maximum Gasteiger partial charge on any atom is 0.219 e. The molecule has 2 aromatic rings. The normalized spacial score (nSPS) is 10.5. The fraction of sp³-hybridized carbons (Fsp3) is 0.214. The highest BCUT2D eigenvalue weighted by atomic mass is 79.9. The SMILES string of the molecule is CCNCc1ccc(Oc2cc(F)cc(Br)c2)nc1. The first-order valence-corrected chi connectivity index (χ1v) is 6.76. The van der Waals surface area contributed by atoms with Gasteiger partial charge in [0.15, 0.2) is 0 Å². The van der Waals surface area contributed by atoms with Crippen molar-refractivity contribution in [2.24, 2.45) is 0 Å². The molecular weight excluding hydrogens is 311 g/mol. The molecule has 19 heavy (non-hydrogen) atoms. The second kappa shape index (κ2) is 6.63. The van der Waals surface area contributed by atoms with E-state index in [1.54, 1.807) is 18.3 Å². The standard InChI is InChI=1S/C14H14BrFN2O/c1-2-17-8-10-3-4-14(18-9-10)19-13-6-11(15)5-12(16)7-13/h3-7,9,17H,2,8H2,1H3. The number of aromatic nitrogens is 1. The molecule has 2 rings (SSSR count). The van der Waals surface area contributed by atoms with Gasteiger partial charge in [0.25, 0.3) is 0 Å². The van der Waals surface area contributed by atoms with Gasteiger partial charge in [0.05, 0.1) is 0 Å². The Morgan fingerprint density at radius 3 is 2.79 bits per heavy atom. The smallest absolute Gasteiger partial charge is 0.219 e. The van der Waals surface area contributed by atoms with Gasteiger partial charge in [0.1, 0.15) is 11.6 Å². The first-order chi connectivity index (χ1) is 9.17. The zero-order valence-electron chi connectivity index (χ0n) is 10.5. The van der Waals surface area contributed by atoms with Crippen molar-refractivity contribution in [3.05, 3.63) is 52.4 Å². The number of hydrogen-bond acceptors (Lipinski definition) is 3. The number of benzene rings is 1. The third kappa shape index (κ3) is 4.29. The molecule has 0 aliphatic heterocycles. The molecule has 0 amide bonds. The largest absolute Gasteiger partial charge is 0.439 e. The summed E-state index contributed by atoms with van der Waals surface area (Å²) < 4.78 is 19.3. The van der Waals surface area contributed by atoms with E-state index >= 15 is 0 Å². The van der Waals surface area contributed by atoms with E-state index in [2.05, 4.69) is 26.2 Å². The molecule has 0 bridgehead atoms. The van der Waals surface area contributed by atoms with Crippen LogP contribution >= 0.6 is 15.9 Å². The highest BCUT2D eigenvalue weighted by Gasteiger charge is 2.03. The lowest BCUT2D eigenvalue weighted by Gasteiger charge is -2.06. The van der Waals surface area contributed by atoms with E-state index in [1.807, 2.05) is 13.0 Å². The van der Waals surface area contributed by atoms with Gasteiger partial charge >= 0.3 is 0 Å². The molecule has 0 unspecified atom stereocenters. The summed E-state index contributed by atoms with van der Waals surface area (Å²) >= 11 is 3.22. The van der Waals surface area contributed by atoms with Crippen LogP contribution in [0.1, 0.15) is 12.5 Å². The van der Waals surface area contributed by atoms with Crippen LogP contribution in [0, 0.1) is 5.82 Å². The number of halogens is 2. The van der Waals surface area contributed by atoms with Crippen molar-refractivity contribution >= 4 is 15.9 Å². The van der Waals surface area contributed by atoms with Crippen molar-refractivity contribution in [1.29, 1.82) is 0 Å². The number of hydrogen-bond donors (Lipinski definition) is 1. The number of rotatable bonds is 5. The molecule has 1 aromatic heterocycles. The first-order valence-electron chi connectivity index (χ1n) is 5.97. The van der Waals surface area contributed by atoms with Gasteiger partial charge in [-0.3, -0.25) is 0 Å². The van der Waals surface area contributed by atoms with Crippen molar-refractivity contribution in [3.63, 3.8) is 0 Å². The molecule has 0 fully saturated rings. The zero-order chi connectivity index (χ0) is 13.7. The molecule has 1 heterocycles. The fourth-order valence-corrected chi connectivity index (χ4v) is 2.00. The summed E-state index contributed by atoms with van der Waals surface area (Å²) in [5.74, 6) is 0.504. The molecule has 0 saturated heterocycles. The van der Waals surface area contributed by atoms with Crippen LogP contribution in [-0.2, 0) is 6.54 Å². The Kier molecular flexibility index (Phi) is 4.87. The summed E-state index contributed by atoms with van der Waals surface area (Å²) in [4.78, 5) is 4.19. The Bertz CT molecular complexity index is 525. The van der Waals surface area contributed by atoms with E-state index in [4.69, 9.17) is 4.74 Å². The van der Waals surface area contributed by atoms with Crippen LogP contribution < -0.4 is 10.1 Å². The average molecular weight is 325 g/mol. The van der Waals surface area contributed by atoms with Crippen LogP contribution in [0.3, 0.4) is 0 Å². The minimum atomic E-state index is -0.354. The highest BCUT2D eigenvalue weighted by molar-refractivity contribution is 9.10. The molecule has 100 valence electrons. The van der Waals surface area contributed by atoms with Gasteiger partial charge in [-0.25, -0.2) is 9.37 Å². The van der Waals surface area contributed by atoms with Crippen molar-refractivity contribution < 1.29 is 9.13 Å². The van der Waals surface area contributed by atoms with Gasteiger partial charge in [-0.1, -0.05) is 28.9 Å². The Hall–Kier alpha value is -1.46. The lowest BCUT2D eigenvalue weighted by molar-refractivity contribution is 0.457. The molecule has 0 radical (unpaired) electrons. The minimum Gasteiger partial charge on any atom is -0.439 e. The van der Waals surface area contributed by atoms with Crippen molar-refractivity contribution in [2.75, 3.05) is 6.54 Å². The van der Waals surface area contributed by atoms with E-state index in [9.17, 15) is 4.39 Å². The number of ether oxygens (including phenoxy) is 1. The third-order valence-electron chi connectivity index (χ3n) is 2.44. The lowest BCUT2D eigenvalue weighted by atomic mass is 10.3. The number of pyridine rings is 1. The van der Waals surface area contributed by atoms with Crippen molar-refractivity contribution in [1.82, 2.24) is 10.3 Å². The van der Waals surface area contributed by atoms with E-state index in [1.165, 1.54) is 12.1 Å². The molecule has 3 nitrogen and oxygen atoms in total. The predicted molar refractivity (Wildman–Crippen MR) is 75.8 cm³/mol. The minimum absolute atomic E-state index is 0.354. The summed E-state index contributed by atoms with van der Waals surface area (Å²) in [5, 5.41) is 3.21. The molecular formula is C14H14BrFN2O. The van der Waals surface area contributed by atoms with Crippen LogP contribution in [0.5, 0.6) is 11.6 Å². The van der Waals surface area contributed by atoms with E-state index in [0.717, 1.165) is 18.7 Å². The summed E-state index contributed by atoms with van der Waals surface area (Å²) in [6.07, 6.45) is 1.74. The summed E-state index contributed by atoms with van der Waals surface area (Å²) in [6, 6.07) is 8.08. The number of nitrogens with one attached hydrogen (secondary N) is 1. The number of nitrogens with zero attached hydrogens (tertiary/aromatic N) is 1. The van der Waals surface area contributed by atoms with Crippen LogP contribution in [0.15, 0.2) is 41.0 Å². The Balaban J connectivity index is 2.06. The van der Waals surface area contributed by atoms with Gasteiger partial charge in [0, 0.05) is 29.3 Å². The van der Waals surface area contributed by atoms with E-state index in [0.29, 0.717) is 16.1 Å². The topological polar surface area (TPSA) is 34.1 Å². The fourth-order valence-electron chi connectivity index (χ4n) is 1.55. The van der Waals surface area contributed by atoms with Crippen molar-refractivity contribution in [2.45, 2.75) is 13.5 Å². The summed E-state index contributed by atoms with van der Waals surface area (Å²) in [6.45, 7) is 3.73. The maximum absolute atomic E-state index is 13.2. The van der Waals surface area contributed by atoms with E-state index < -0.39 is 0 Å². The van der Waals surface area contributed by atoms with Crippen LogP contribution in [0.2, 0.25) is 0 Å². The van der Waals surface area contributed by atoms with Crippen LogP contribution in [0.4, 0.5) is 4.39 Å². The lowest BCUT2D eigenvalue weighted by Crippen LogP contribution is -2.11. The Morgan fingerprint density at radius 1 is 1.32 bits per heavy atom. The summed E-state index contributed by atoms with van der Waals surface area (Å²) in [5.41, 5.74) is 1.08. The molecule has 0 aliphatic rings.